The molecule has 6 heteroatoms. The first kappa shape index (κ1) is 20.3. The minimum absolute atomic E-state index is 0. The Morgan fingerprint density at radius 1 is 1.21 bits per heavy atom. The Kier molecular flexibility index (Phi) is 8.65. The zero-order valence-electron chi connectivity index (χ0n) is 13.5. The van der Waals surface area contributed by atoms with Gasteiger partial charge >= 0.3 is 0 Å². The first-order chi connectivity index (χ1) is 11.1. The van der Waals surface area contributed by atoms with Crippen LogP contribution in [0.2, 0.25) is 0 Å². The highest BCUT2D eigenvalue weighted by atomic mass is 79.9. The molecule has 1 amide bonds. The van der Waals surface area contributed by atoms with Crippen LogP contribution in [0.4, 0.5) is 5.69 Å². The smallest absolute Gasteiger partial charge is 0.220 e. The van der Waals surface area contributed by atoms with Crippen LogP contribution in [0.15, 0.2) is 53.0 Å². The zero-order chi connectivity index (χ0) is 16.7. The van der Waals surface area contributed by atoms with Crippen molar-refractivity contribution in [1.29, 1.82) is 0 Å². The number of hydrogen-bond donors (Lipinski definition) is 2. The molecule has 2 aromatic rings. The fourth-order valence-corrected chi connectivity index (χ4v) is 2.53. The van der Waals surface area contributed by atoms with Gasteiger partial charge in [-0.1, -0.05) is 30.3 Å². The van der Waals surface area contributed by atoms with Crippen molar-refractivity contribution < 1.29 is 9.53 Å². The molecule has 0 heterocycles. The highest BCUT2D eigenvalue weighted by Crippen LogP contribution is 2.24. The number of carbonyl (C=O) groups is 1. The predicted molar refractivity (Wildman–Crippen MR) is 104 cm³/mol. The molecule has 0 bridgehead atoms. The van der Waals surface area contributed by atoms with E-state index in [1.165, 1.54) is 0 Å². The molecule has 2 rings (SSSR count). The Balaban J connectivity index is 0.00000288. The summed E-state index contributed by atoms with van der Waals surface area (Å²) in [5.74, 6) is 0.766. The lowest BCUT2D eigenvalue weighted by molar-refractivity contribution is -0.121. The monoisotopic (exact) mass is 412 g/mol. The average molecular weight is 414 g/mol. The van der Waals surface area contributed by atoms with Crippen molar-refractivity contribution in [3.05, 3.63) is 58.6 Å². The van der Waals surface area contributed by atoms with Crippen LogP contribution in [0, 0.1) is 0 Å². The van der Waals surface area contributed by atoms with Crippen molar-refractivity contribution in [3.8, 4) is 5.75 Å². The number of carbonyl (C=O) groups excluding carboxylic acids is 1. The molecular formula is C18H22BrClN2O2. The third kappa shape index (κ3) is 6.42. The van der Waals surface area contributed by atoms with Gasteiger partial charge in [0, 0.05) is 12.1 Å². The van der Waals surface area contributed by atoms with Crippen LogP contribution in [0.1, 0.15) is 18.9 Å². The maximum Gasteiger partial charge on any atom is 0.220 e. The molecule has 0 spiro atoms. The third-order valence-electron chi connectivity index (χ3n) is 3.43. The Hall–Kier alpha value is -1.72. The molecule has 2 aromatic carbocycles. The number of nitrogens with two attached hydrogens (primary N) is 1. The van der Waals surface area contributed by atoms with Crippen LogP contribution >= 0.6 is 28.3 Å². The van der Waals surface area contributed by atoms with Gasteiger partial charge in [-0.05, 0) is 53.0 Å². The molecule has 24 heavy (non-hydrogen) atoms. The van der Waals surface area contributed by atoms with E-state index in [2.05, 4.69) is 21.2 Å². The predicted octanol–water partition coefficient (Wildman–Crippen LogP) is 3.97. The maximum absolute atomic E-state index is 11.9. The highest BCUT2D eigenvalue weighted by Gasteiger charge is 2.09. The number of benzene rings is 2. The van der Waals surface area contributed by atoms with Crippen LogP contribution in [0.5, 0.6) is 5.75 Å². The number of amides is 1. The SMILES string of the molecule is CC(CNC(=O)CCc1ccccc1N)Oc1ccccc1Br.Cl. The number of nitrogen functional groups attached to an aromatic ring is 1. The third-order valence-corrected chi connectivity index (χ3v) is 4.08. The summed E-state index contributed by atoms with van der Waals surface area (Å²) in [5.41, 5.74) is 7.60. The molecule has 1 atom stereocenters. The van der Waals surface area contributed by atoms with Crippen molar-refractivity contribution in [3.63, 3.8) is 0 Å². The van der Waals surface area contributed by atoms with Crippen molar-refractivity contribution in [1.82, 2.24) is 5.32 Å². The minimum atomic E-state index is -0.112. The van der Waals surface area contributed by atoms with Gasteiger partial charge in [0.15, 0.2) is 0 Å². The lowest BCUT2D eigenvalue weighted by Crippen LogP contribution is -2.33. The highest BCUT2D eigenvalue weighted by molar-refractivity contribution is 9.10. The van der Waals surface area contributed by atoms with Crippen molar-refractivity contribution in [2.45, 2.75) is 25.9 Å². The van der Waals surface area contributed by atoms with Gasteiger partial charge in [-0.2, -0.15) is 0 Å². The maximum atomic E-state index is 11.9. The molecule has 0 aliphatic carbocycles. The van der Waals surface area contributed by atoms with Crippen LogP contribution in [-0.2, 0) is 11.2 Å². The van der Waals surface area contributed by atoms with Gasteiger partial charge in [0.2, 0.25) is 5.91 Å². The van der Waals surface area contributed by atoms with E-state index in [1.807, 2.05) is 55.5 Å². The first-order valence-corrected chi connectivity index (χ1v) is 8.37. The second kappa shape index (κ2) is 10.2. The van der Waals surface area contributed by atoms with Gasteiger partial charge in [-0.25, -0.2) is 0 Å². The van der Waals surface area contributed by atoms with E-state index < -0.39 is 0 Å². The molecule has 0 saturated heterocycles. The molecule has 4 nitrogen and oxygen atoms in total. The number of halogens is 2. The molecule has 0 aliphatic rings. The van der Waals surface area contributed by atoms with E-state index in [-0.39, 0.29) is 24.4 Å². The summed E-state index contributed by atoms with van der Waals surface area (Å²) >= 11 is 3.44. The quantitative estimate of drug-likeness (QED) is 0.675. The molecule has 0 aliphatic heterocycles. The summed E-state index contributed by atoms with van der Waals surface area (Å²) < 4.78 is 6.70. The first-order valence-electron chi connectivity index (χ1n) is 7.57. The summed E-state index contributed by atoms with van der Waals surface area (Å²) in [6.07, 6.45) is 0.938. The number of nitrogens with one attached hydrogen (secondary N) is 1. The lowest BCUT2D eigenvalue weighted by Gasteiger charge is -2.16. The number of rotatable bonds is 7. The Morgan fingerprint density at radius 2 is 1.88 bits per heavy atom. The van der Waals surface area contributed by atoms with Gasteiger partial charge < -0.3 is 15.8 Å². The van der Waals surface area contributed by atoms with Crippen molar-refractivity contribution >= 4 is 39.9 Å². The number of hydrogen-bond acceptors (Lipinski definition) is 3. The number of para-hydroxylation sites is 2. The molecule has 130 valence electrons. The normalized spacial score (nSPS) is 11.2. The summed E-state index contributed by atoms with van der Waals surface area (Å²) in [4.78, 5) is 11.9. The molecule has 0 saturated carbocycles. The fraction of sp³-hybridized carbons (Fsp3) is 0.278. The second-order valence-corrected chi connectivity index (χ2v) is 6.22. The van der Waals surface area contributed by atoms with Crippen molar-refractivity contribution in [2.75, 3.05) is 12.3 Å². The van der Waals surface area contributed by atoms with Gasteiger partial charge in [0.05, 0.1) is 11.0 Å². The molecule has 0 fully saturated rings. The van der Waals surface area contributed by atoms with E-state index in [9.17, 15) is 4.79 Å². The largest absolute Gasteiger partial charge is 0.488 e. The number of anilines is 1. The average Bonchev–Trinajstić information content (AvgIpc) is 2.54. The van der Waals surface area contributed by atoms with Crippen LogP contribution < -0.4 is 15.8 Å². The molecule has 0 radical (unpaired) electrons. The summed E-state index contributed by atoms with van der Waals surface area (Å²) in [6, 6.07) is 15.3. The van der Waals surface area contributed by atoms with Gasteiger partial charge in [0.25, 0.3) is 0 Å². The molecule has 1 unspecified atom stereocenters. The Labute approximate surface area is 157 Å². The topological polar surface area (TPSA) is 64.4 Å². The molecular weight excluding hydrogens is 392 g/mol. The van der Waals surface area contributed by atoms with Crippen LogP contribution in [-0.4, -0.2) is 18.6 Å². The van der Waals surface area contributed by atoms with E-state index in [0.29, 0.717) is 19.4 Å². The summed E-state index contributed by atoms with van der Waals surface area (Å²) in [6.45, 7) is 2.39. The van der Waals surface area contributed by atoms with Crippen molar-refractivity contribution in [2.24, 2.45) is 0 Å². The number of ether oxygens (including phenoxy) is 1. The fourth-order valence-electron chi connectivity index (χ4n) is 2.15. The Morgan fingerprint density at radius 3 is 2.58 bits per heavy atom. The Bertz CT molecular complexity index is 667. The van der Waals surface area contributed by atoms with E-state index >= 15 is 0 Å². The standard InChI is InChI=1S/C18H21BrN2O2.ClH/c1-13(23-17-9-5-3-7-15(17)19)12-21-18(22)11-10-14-6-2-4-8-16(14)20;/h2-9,13H,10-12,20H2,1H3,(H,21,22);1H. The zero-order valence-corrected chi connectivity index (χ0v) is 15.9. The van der Waals surface area contributed by atoms with Gasteiger partial charge in [0.1, 0.15) is 11.9 Å². The van der Waals surface area contributed by atoms with E-state index in [1.54, 1.807) is 0 Å². The van der Waals surface area contributed by atoms with Crippen LogP contribution in [0.25, 0.3) is 0 Å². The van der Waals surface area contributed by atoms with E-state index in [4.69, 9.17) is 10.5 Å². The summed E-state index contributed by atoms with van der Waals surface area (Å²) in [5, 5.41) is 2.89. The second-order valence-electron chi connectivity index (χ2n) is 5.36. The lowest BCUT2D eigenvalue weighted by atomic mass is 10.1. The minimum Gasteiger partial charge on any atom is -0.488 e. The van der Waals surface area contributed by atoms with Crippen LogP contribution in [0.3, 0.4) is 0 Å². The summed E-state index contributed by atoms with van der Waals surface area (Å²) in [7, 11) is 0. The van der Waals surface area contributed by atoms with Gasteiger partial charge in [-0.15, -0.1) is 12.4 Å². The molecule has 3 N–H and O–H groups in total. The van der Waals surface area contributed by atoms with Gasteiger partial charge in [-0.3, -0.25) is 4.79 Å². The van der Waals surface area contributed by atoms with E-state index in [0.717, 1.165) is 21.5 Å². The molecule has 0 aromatic heterocycles. The number of aryl methyl sites for hydroxylation is 1.